The molecule has 0 aliphatic heterocycles. The van der Waals surface area contributed by atoms with Crippen molar-refractivity contribution >= 4 is 0 Å². The fraction of sp³-hybridized carbons (Fsp3) is 0.571. The first kappa shape index (κ1) is 34.9. The maximum Gasteiger partial charge on any atom is 0.123 e. The van der Waals surface area contributed by atoms with Crippen LogP contribution < -0.4 is 0 Å². The number of aryl methyl sites for hydroxylation is 1. The van der Waals surface area contributed by atoms with Crippen molar-refractivity contribution < 1.29 is 5.11 Å². The van der Waals surface area contributed by atoms with Crippen molar-refractivity contribution in [3.8, 4) is 5.75 Å². The number of hydrogen-bond donors (Lipinski definition) is 1. The highest BCUT2D eigenvalue weighted by Crippen LogP contribution is 2.40. The van der Waals surface area contributed by atoms with Gasteiger partial charge in [0.2, 0.25) is 0 Å². The molecule has 3 rings (SSSR count). The van der Waals surface area contributed by atoms with Gasteiger partial charge in [0.05, 0.1) is 0 Å². The average Bonchev–Trinajstić information content (AvgIpc) is 3.05. The summed E-state index contributed by atoms with van der Waals surface area (Å²) in [6.45, 7) is 6.75. The van der Waals surface area contributed by atoms with Gasteiger partial charge in [0.15, 0.2) is 0 Å². The summed E-state index contributed by atoms with van der Waals surface area (Å²) >= 11 is 0. The van der Waals surface area contributed by atoms with Crippen molar-refractivity contribution in [2.75, 3.05) is 0 Å². The Hall–Kier alpha value is -2.54. The quantitative estimate of drug-likeness (QED) is 0.110. The summed E-state index contributed by atoms with van der Waals surface area (Å²) in [5.74, 6) is 0.778. The van der Waals surface area contributed by atoms with Crippen LogP contribution in [0.5, 0.6) is 5.75 Å². The summed E-state index contributed by atoms with van der Waals surface area (Å²) < 4.78 is 0. The molecule has 0 saturated carbocycles. The molecule has 0 saturated heterocycles. The molecule has 3 aromatic carbocycles. The molecule has 1 heteroatoms. The third-order valence-electron chi connectivity index (χ3n) is 9.58. The zero-order chi connectivity index (χ0) is 30.5. The summed E-state index contributed by atoms with van der Waals surface area (Å²) in [5, 5.41) is 11.5. The van der Waals surface area contributed by atoms with Crippen LogP contribution in [0.2, 0.25) is 0 Å². The van der Waals surface area contributed by atoms with E-state index in [1.165, 1.54) is 132 Å². The van der Waals surface area contributed by atoms with Crippen molar-refractivity contribution in [1.82, 2.24) is 0 Å². The maximum absolute atomic E-state index is 11.5. The lowest BCUT2D eigenvalue weighted by Crippen LogP contribution is -2.04. The lowest BCUT2D eigenvalue weighted by atomic mass is 9.84. The monoisotopic (exact) mass is 582 g/mol. The topological polar surface area (TPSA) is 20.2 Å². The lowest BCUT2D eigenvalue weighted by Gasteiger charge is -2.22. The Kier molecular flexibility index (Phi) is 17.2. The fourth-order valence-electron chi connectivity index (χ4n) is 6.62. The summed E-state index contributed by atoms with van der Waals surface area (Å²) in [5.41, 5.74) is 5.99. The number of unbranched alkanes of at least 4 members (excludes halogenated alkanes) is 17. The van der Waals surface area contributed by atoms with Gasteiger partial charge in [-0.2, -0.15) is 0 Å². The highest BCUT2D eigenvalue weighted by Gasteiger charge is 2.21. The Bertz CT molecular complexity index is 1040. The molecule has 0 aliphatic rings. The van der Waals surface area contributed by atoms with Gasteiger partial charge in [0, 0.05) is 23.0 Å². The molecule has 0 bridgehead atoms. The van der Waals surface area contributed by atoms with Gasteiger partial charge in [-0.3, -0.25) is 0 Å². The Morgan fingerprint density at radius 1 is 0.465 bits per heavy atom. The highest BCUT2D eigenvalue weighted by molar-refractivity contribution is 5.52. The third kappa shape index (κ3) is 12.9. The molecule has 1 N–H and O–H groups in total. The van der Waals surface area contributed by atoms with Gasteiger partial charge in [0.25, 0.3) is 0 Å². The molecule has 236 valence electrons. The van der Waals surface area contributed by atoms with Gasteiger partial charge in [0.1, 0.15) is 5.75 Å². The first-order chi connectivity index (χ1) is 21.1. The smallest absolute Gasteiger partial charge is 0.123 e. The van der Waals surface area contributed by atoms with E-state index in [0.717, 1.165) is 17.5 Å². The van der Waals surface area contributed by atoms with Crippen LogP contribution in [0.3, 0.4) is 0 Å². The van der Waals surface area contributed by atoms with Crippen LogP contribution in [0.25, 0.3) is 0 Å². The molecule has 0 radical (unpaired) electrons. The van der Waals surface area contributed by atoms with E-state index in [4.69, 9.17) is 0 Å². The standard InChI is InChI=1S/C42H62O/c1-4-5-6-7-8-9-10-11-12-13-14-15-16-17-18-19-20-23-28-37-33-40(35(2)38-29-24-21-25-30-38)42(43)41(34-37)36(3)39-31-26-22-27-32-39/h21-22,24-27,29-36,43H,4-20,23,28H2,1-3H3. The minimum absolute atomic E-state index is 0.156. The normalized spacial score (nSPS) is 12.8. The second kappa shape index (κ2) is 21.2. The van der Waals surface area contributed by atoms with Crippen LogP contribution in [-0.2, 0) is 6.42 Å². The number of phenols is 1. The average molecular weight is 583 g/mol. The van der Waals surface area contributed by atoms with Crippen molar-refractivity contribution in [3.63, 3.8) is 0 Å². The SMILES string of the molecule is CCCCCCCCCCCCCCCCCCCCc1cc(C(C)c2ccccc2)c(O)c(C(C)c2ccccc2)c1. The number of hydrogen-bond acceptors (Lipinski definition) is 1. The first-order valence-corrected chi connectivity index (χ1v) is 18.1. The molecule has 0 aliphatic carbocycles. The summed E-state index contributed by atoms with van der Waals surface area (Å²) in [6, 6.07) is 25.8. The second-order valence-corrected chi connectivity index (χ2v) is 13.1. The van der Waals surface area contributed by atoms with Gasteiger partial charge in [-0.05, 0) is 29.5 Å². The Morgan fingerprint density at radius 2 is 0.791 bits per heavy atom. The Labute approximate surface area is 265 Å². The van der Waals surface area contributed by atoms with Crippen LogP contribution in [0.4, 0.5) is 0 Å². The minimum Gasteiger partial charge on any atom is -0.507 e. The molecule has 2 unspecified atom stereocenters. The molecule has 0 spiro atoms. The molecule has 2 atom stereocenters. The summed E-state index contributed by atoms with van der Waals surface area (Å²) in [4.78, 5) is 0. The Morgan fingerprint density at radius 3 is 1.14 bits per heavy atom. The highest BCUT2D eigenvalue weighted by atomic mass is 16.3. The van der Waals surface area contributed by atoms with Crippen molar-refractivity contribution in [2.24, 2.45) is 0 Å². The van der Waals surface area contributed by atoms with E-state index in [2.05, 4.69) is 93.6 Å². The van der Waals surface area contributed by atoms with Crippen LogP contribution in [-0.4, -0.2) is 5.11 Å². The summed E-state index contributed by atoms with van der Waals surface area (Å²) in [7, 11) is 0. The van der Waals surface area contributed by atoms with Gasteiger partial charge in [-0.15, -0.1) is 0 Å². The van der Waals surface area contributed by atoms with Gasteiger partial charge in [-0.1, -0.05) is 203 Å². The molecule has 0 heterocycles. The van der Waals surface area contributed by atoms with Crippen LogP contribution in [0.1, 0.15) is 176 Å². The third-order valence-corrected chi connectivity index (χ3v) is 9.58. The van der Waals surface area contributed by atoms with Gasteiger partial charge >= 0.3 is 0 Å². The number of phenolic OH excluding ortho intramolecular Hbond substituents is 1. The van der Waals surface area contributed by atoms with Gasteiger partial charge < -0.3 is 5.11 Å². The maximum atomic E-state index is 11.5. The van der Waals surface area contributed by atoms with Crippen LogP contribution in [0.15, 0.2) is 72.8 Å². The van der Waals surface area contributed by atoms with E-state index in [1.807, 2.05) is 0 Å². The van der Waals surface area contributed by atoms with Crippen molar-refractivity contribution in [2.45, 2.75) is 155 Å². The first-order valence-electron chi connectivity index (χ1n) is 18.1. The van der Waals surface area contributed by atoms with E-state index in [0.29, 0.717) is 5.75 Å². The van der Waals surface area contributed by atoms with E-state index in [9.17, 15) is 5.11 Å². The lowest BCUT2D eigenvalue weighted by molar-refractivity contribution is 0.456. The minimum atomic E-state index is 0.156. The van der Waals surface area contributed by atoms with E-state index in [-0.39, 0.29) is 11.8 Å². The van der Waals surface area contributed by atoms with Crippen LogP contribution in [0, 0.1) is 0 Å². The zero-order valence-electron chi connectivity index (χ0n) is 28.0. The van der Waals surface area contributed by atoms with E-state index in [1.54, 1.807) is 0 Å². The predicted molar refractivity (Wildman–Crippen MR) is 189 cm³/mol. The molecule has 3 aromatic rings. The molecular weight excluding hydrogens is 520 g/mol. The number of rotatable bonds is 23. The fourth-order valence-corrected chi connectivity index (χ4v) is 6.62. The largest absolute Gasteiger partial charge is 0.507 e. The molecule has 0 fully saturated rings. The van der Waals surface area contributed by atoms with E-state index >= 15 is 0 Å². The molecule has 1 nitrogen and oxygen atoms in total. The van der Waals surface area contributed by atoms with Gasteiger partial charge in [-0.25, -0.2) is 0 Å². The predicted octanol–water partition coefficient (Wildman–Crippen LogP) is 13.3. The van der Waals surface area contributed by atoms with Crippen LogP contribution >= 0.6 is 0 Å². The Balaban J connectivity index is 1.37. The van der Waals surface area contributed by atoms with Crippen molar-refractivity contribution in [1.29, 1.82) is 0 Å². The molecule has 0 amide bonds. The second-order valence-electron chi connectivity index (χ2n) is 13.1. The summed E-state index contributed by atoms with van der Waals surface area (Å²) in [6.07, 6.45) is 26.4. The number of aromatic hydroxyl groups is 1. The van der Waals surface area contributed by atoms with E-state index < -0.39 is 0 Å². The van der Waals surface area contributed by atoms with Crippen molar-refractivity contribution in [3.05, 3.63) is 101 Å². The molecule has 43 heavy (non-hydrogen) atoms. The zero-order valence-corrected chi connectivity index (χ0v) is 28.0. The number of benzene rings is 3. The molecule has 0 aromatic heterocycles. The molecular formula is C42H62O.